The topological polar surface area (TPSA) is 104 Å². The average molecular weight is 435 g/mol. The van der Waals surface area contributed by atoms with Crippen molar-refractivity contribution in [2.75, 3.05) is 59.8 Å². The number of esters is 1. The molecule has 2 atom stereocenters. The minimum Gasteiger partial charge on any atom is -0.465 e. The van der Waals surface area contributed by atoms with Crippen LogP contribution in [0.25, 0.3) is 0 Å². The minimum atomic E-state index is -0.618. The molecule has 2 aliphatic rings. The fourth-order valence-corrected chi connectivity index (χ4v) is 3.45. The number of ether oxygens (including phenoxy) is 5. The number of nitrogens with zero attached hydrogens (tertiary/aromatic N) is 1. The van der Waals surface area contributed by atoms with Crippen LogP contribution in [0.5, 0.6) is 0 Å². The van der Waals surface area contributed by atoms with Crippen LogP contribution in [0, 0.1) is 0 Å². The SMILES string of the molecule is COC(=O)c1ccc([C@@H]2C=C(C(=O)N3CCOCC3)O[C@H](OCCOCCO)C2)cc1. The first-order valence-electron chi connectivity index (χ1n) is 10.4. The van der Waals surface area contributed by atoms with Crippen molar-refractivity contribution in [1.82, 2.24) is 4.90 Å². The molecule has 0 aromatic heterocycles. The molecule has 170 valence electrons. The number of methoxy groups -OCH3 is 1. The number of hydrogen-bond acceptors (Lipinski definition) is 8. The summed E-state index contributed by atoms with van der Waals surface area (Å²) in [6, 6.07) is 7.09. The Balaban J connectivity index is 1.73. The van der Waals surface area contributed by atoms with Gasteiger partial charge in [0.1, 0.15) is 0 Å². The molecular formula is C22H29NO8. The highest BCUT2D eigenvalue weighted by atomic mass is 16.7. The second kappa shape index (κ2) is 11.8. The number of aliphatic hydroxyl groups is 1. The third-order valence-corrected chi connectivity index (χ3v) is 5.09. The van der Waals surface area contributed by atoms with E-state index in [1.54, 1.807) is 17.0 Å². The first kappa shape index (κ1) is 23.2. The third kappa shape index (κ3) is 6.51. The van der Waals surface area contributed by atoms with E-state index >= 15 is 0 Å². The van der Waals surface area contributed by atoms with E-state index in [1.807, 2.05) is 18.2 Å². The van der Waals surface area contributed by atoms with Crippen LogP contribution in [0.2, 0.25) is 0 Å². The first-order valence-corrected chi connectivity index (χ1v) is 10.4. The molecular weight excluding hydrogens is 406 g/mol. The van der Waals surface area contributed by atoms with Gasteiger partial charge in [-0.15, -0.1) is 0 Å². The number of allylic oxidation sites excluding steroid dienone is 1. The summed E-state index contributed by atoms with van der Waals surface area (Å²) in [6.45, 7) is 2.80. The Hall–Kier alpha value is -2.46. The zero-order valence-corrected chi connectivity index (χ0v) is 17.7. The van der Waals surface area contributed by atoms with Gasteiger partial charge in [0.15, 0.2) is 5.76 Å². The highest BCUT2D eigenvalue weighted by Gasteiger charge is 2.31. The van der Waals surface area contributed by atoms with Gasteiger partial charge in [0, 0.05) is 25.4 Å². The maximum atomic E-state index is 13.0. The monoisotopic (exact) mass is 435 g/mol. The zero-order chi connectivity index (χ0) is 22.1. The highest BCUT2D eigenvalue weighted by Crippen LogP contribution is 2.32. The molecule has 9 nitrogen and oxygen atoms in total. The molecule has 31 heavy (non-hydrogen) atoms. The quantitative estimate of drug-likeness (QED) is 0.454. The van der Waals surface area contributed by atoms with Crippen molar-refractivity contribution in [3.63, 3.8) is 0 Å². The predicted octanol–water partition coefficient (Wildman–Crippen LogP) is 1.07. The number of aliphatic hydroxyl groups excluding tert-OH is 1. The fourth-order valence-electron chi connectivity index (χ4n) is 3.45. The predicted molar refractivity (Wildman–Crippen MR) is 109 cm³/mol. The van der Waals surface area contributed by atoms with E-state index < -0.39 is 12.3 Å². The number of benzene rings is 1. The lowest BCUT2D eigenvalue weighted by Gasteiger charge is -2.33. The van der Waals surface area contributed by atoms with Gasteiger partial charge in [-0.25, -0.2) is 4.79 Å². The largest absolute Gasteiger partial charge is 0.465 e. The Kier molecular flexibility index (Phi) is 8.84. The van der Waals surface area contributed by atoms with E-state index in [1.165, 1.54) is 7.11 Å². The Morgan fingerprint density at radius 1 is 1.13 bits per heavy atom. The number of rotatable bonds is 9. The van der Waals surface area contributed by atoms with Crippen LogP contribution in [-0.4, -0.2) is 88.0 Å². The standard InChI is InChI=1S/C22H29NO8/c1-27-22(26)17-4-2-16(3-5-17)18-14-19(21(25)23-6-9-28-10-7-23)31-20(15-18)30-13-12-29-11-8-24/h2-5,14,18,20,24H,6-13,15H2,1H3/t18-,20+/m1/s1. The molecule has 1 aromatic rings. The second-order valence-electron chi connectivity index (χ2n) is 7.15. The molecule has 1 saturated heterocycles. The maximum absolute atomic E-state index is 13.0. The lowest BCUT2D eigenvalue weighted by atomic mass is 9.92. The summed E-state index contributed by atoms with van der Waals surface area (Å²) >= 11 is 0. The van der Waals surface area contributed by atoms with Crippen molar-refractivity contribution in [2.24, 2.45) is 0 Å². The summed E-state index contributed by atoms with van der Waals surface area (Å²) < 4.78 is 27.0. The molecule has 3 rings (SSSR count). The van der Waals surface area contributed by atoms with E-state index in [-0.39, 0.29) is 37.4 Å². The van der Waals surface area contributed by atoms with Crippen molar-refractivity contribution in [3.05, 3.63) is 47.2 Å². The number of morpholine rings is 1. The molecule has 0 saturated carbocycles. The Bertz CT molecular complexity index is 757. The van der Waals surface area contributed by atoms with Crippen LogP contribution in [0.1, 0.15) is 28.3 Å². The summed E-state index contributed by atoms with van der Waals surface area (Å²) in [7, 11) is 1.34. The molecule has 1 N–H and O–H groups in total. The van der Waals surface area contributed by atoms with Gasteiger partial charge in [-0.3, -0.25) is 4.79 Å². The summed E-state index contributed by atoms with van der Waals surface area (Å²) in [5, 5.41) is 8.79. The summed E-state index contributed by atoms with van der Waals surface area (Å²) in [5.74, 6) is -0.467. The van der Waals surface area contributed by atoms with E-state index in [2.05, 4.69) is 0 Å². The number of hydrogen-bond donors (Lipinski definition) is 1. The van der Waals surface area contributed by atoms with Crippen molar-refractivity contribution >= 4 is 11.9 Å². The van der Waals surface area contributed by atoms with Crippen molar-refractivity contribution in [2.45, 2.75) is 18.6 Å². The van der Waals surface area contributed by atoms with Gasteiger partial charge >= 0.3 is 5.97 Å². The molecule has 1 aromatic carbocycles. The molecule has 0 radical (unpaired) electrons. The van der Waals surface area contributed by atoms with Crippen LogP contribution in [0.15, 0.2) is 36.1 Å². The van der Waals surface area contributed by atoms with Gasteiger partial charge in [0.05, 0.1) is 52.3 Å². The molecule has 2 heterocycles. The molecule has 0 spiro atoms. The molecule has 9 heteroatoms. The molecule has 1 amide bonds. The van der Waals surface area contributed by atoms with Crippen LogP contribution in [0.4, 0.5) is 0 Å². The van der Waals surface area contributed by atoms with Crippen LogP contribution in [0.3, 0.4) is 0 Å². The summed E-state index contributed by atoms with van der Waals surface area (Å²) in [6.07, 6.45) is 1.71. The number of amides is 1. The van der Waals surface area contributed by atoms with Crippen molar-refractivity contribution < 1.29 is 38.4 Å². The van der Waals surface area contributed by atoms with E-state index in [4.69, 9.17) is 28.8 Å². The summed E-state index contributed by atoms with van der Waals surface area (Å²) in [5.41, 5.74) is 1.40. The molecule has 0 bridgehead atoms. The number of carbonyl (C=O) groups is 2. The van der Waals surface area contributed by atoms with Gasteiger partial charge in [-0.05, 0) is 23.8 Å². The molecule has 1 fully saturated rings. The van der Waals surface area contributed by atoms with Gasteiger partial charge in [0.25, 0.3) is 5.91 Å². The van der Waals surface area contributed by atoms with Gasteiger partial charge in [-0.1, -0.05) is 12.1 Å². The fraction of sp³-hybridized carbons (Fsp3) is 0.545. The maximum Gasteiger partial charge on any atom is 0.337 e. The van der Waals surface area contributed by atoms with E-state index in [9.17, 15) is 9.59 Å². The molecule has 0 unspecified atom stereocenters. The average Bonchev–Trinajstić information content (AvgIpc) is 2.83. The lowest BCUT2D eigenvalue weighted by Crippen LogP contribution is -2.43. The van der Waals surface area contributed by atoms with Crippen LogP contribution in [-0.2, 0) is 28.5 Å². The third-order valence-electron chi connectivity index (χ3n) is 5.09. The molecule has 2 aliphatic heterocycles. The normalized spacial score (nSPS) is 21.2. The van der Waals surface area contributed by atoms with Crippen molar-refractivity contribution in [3.8, 4) is 0 Å². The van der Waals surface area contributed by atoms with Crippen LogP contribution >= 0.6 is 0 Å². The van der Waals surface area contributed by atoms with Gasteiger partial charge < -0.3 is 33.7 Å². The zero-order valence-electron chi connectivity index (χ0n) is 17.7. The highest BCUT2D eigenvalue weighted by molar-refractivity contribution is 5.92. The van der Waals surface area contributed by atoms with E-state index in [0.29, 0.717) is 44.9 Å². The Morgan fingerprint density at radius 2 is 1.87 bits per heavy atom. The Morgan fingerprint density at radius 3 is 2.55 bits per heavy atom. The van der Waals surface area contributed by atoms with Gasteiger partial charge in [-0.2, -0.15) is 0 Å². The summed E-state index contributed by atoms with van der Waals surface area (Å²) in [4.78, 5) is 26.4. The van der Waals surface area contributed by atoms with Crippen molar-refractivity contribution in [1.29, 1.82) is 0 Å². The molecule has 0 aliphatic carbocycles. The van der Waals surface area contributed by atoms with Gasteiger partial charge in [0.2, 0.25) is 6.29 Å². The lowest BCUT2D eigenvalue weighted by molar-refractivity contribution is -0.158. The number of carbonyl (C=O) groups excluding carboxylic acids is 2. The Labute approximate surface area is 181 Å². The smallest absolute Gasteiger partial charge is 0.337 e. The van der Waals surface area contributed by atoms with E-state index in [0.717, 1.165) is 5.56 Å². The second-order valence-corrected chi connectivity index (χ2v) is 7.15. The van der Waals surface area contributed by atoms with Crippen LogP contribution < -0.4 is 0 Å². The minimum absolute atomic E-state index is 0.0511. The first-order chi connectivity index (χ1) is 15.1.